The largest absolute Gasteiger partial charge is 0.465 e. The maximum absolute atomic E-state index is 12.0. The Bertz CT molecular complexity index is 251. The van der Waals surface area contributed by atoms with Crippen molar-refractivity contribution in [1.29, 1.82) is 0 Å². The standard InChI is InChI=1S/C14H25NO2/c15-10-12-6-1-2-7-13(12)14(16)17-9-8-11-4-3-5-11/h11-13H,1-10,15H2. The Balaban J connectivity index is 1.69. The highest BCUT2D eigenvalue weighted by Gasteiger charge is 2.31. The summed E-state index contributed by atoms with van der Waals surface area (Å²) in [7, 11) is 0. The molecule has 2 N–H and O–H groups in total. The van der Waals surface area contributed by atoms with Crippen LogP contribution < -0.4 is 5.73 Å². The number of carbonyl (C=O) groups excluding carboxylic acids is 1. The van der Waals surface area contributed by atoms with Crippen molar-refractivity contribution in [3.8, 4) is 0 Å². The summed E-state index contributed by atoms with van der Waals surface area (Å²) in [6, 6.07) is 0. The maximum atomic E-state index is 12.0. The number of hydrogen-bond donors (Lipinski definition) is 1. The molecule has 0 amide bonds. The van der Waals surface area contributed by atoms with Crippen LogP contribution in [0.25, 0.3) is 0 Å². The van der Waals surface area contributed by atoms with Gasteiger partial charge >= 0.3 is 5.97 Å². The van der Waals surface area contributed by atoms with Crippen molar-refractivity contribution < 1.29 is 9.53 Å². The van der Waals surface area contributed by atoms with E-state index >= 15 is 0 Å². The molecule has 17 heavy (non-hydrogen) atoms. The van der Waals surface area contributed by atoms with E-state index < -0.39 is 0 Å². The number of hydrogen-bond acceptors (Lipinski definition) is 3. The van der Waals surface area contributed by atoms with Crippen LogP contribution in [0, 0.1) is 17.8 Å². The fourth-order valence-corrected chi connectivity index (χ4v) is 3.01. The maximum Gasteiger partial charge on any atom is 0.309 e. The van der Waals surface area contributed by atoms with Crippen molar-refractivity contribution in [2.45, 2.75) is 51.4 Å². The molecule has 3 heteroatoms. The van der Waals surface area contributed by atoms with Gasteiger partial charge in [0.05, 0.1) is 12.5 Å². The highest BCUT2D eigenvalue weighted by molar-refractivity contribution is 5.72. The molecule has 0 aromatic heterocycles. The van der Waals surface area contributed by atoms with Crippen molar-refractivity contribution >= 4 is 5.97 Å². The van der Waals surface area contributed by atoms with E-state index in [0.29, 0.717) is 19.1 Å². The molecule has 2 fully saturated rings. The first kappa shape index (κ1) is 12.9. The van der Waals surface area contributed by atoms with E-state index in [-0.39, 0.29) is 11.9 Å². The van der Waals surface area contributed by atoms with Crippen molar-refractivity contribution in [2.24, 2.45) is 23.5 Å². The van der Waals surface area contributed by atoms with Gasteiger partial charge in [0.15, 0.2) is 0 Å². The Morgan fingerprint density at radius 2 is 1.88 bits per heavy atom. The molecular weight excluding hydrogens is 214 g/mol. The van der Waals surface area contributed by atoms with Gasteiger partial charge in [0.25, 0.3) is 0 Å². The predicted octanol–water partition coefficient (Wildman–Crippen LogP) is 2.48. The van der Waals surface area contributed by atoms with E-state index in [4.69, 9.17) is 10.5 Å². The summed E-state index contributed by atoms with van der Waals surface area (Å²) < 4.78 is 5.43. The molecule has 0 heterocycles. The van der Waals surface area contributed by atoms with Gasteiger partial charge in [0.1, 0.15) is 0 Å². The normalized spacial score (nSPS) is 29.7. The van der Waals surface area contributed by atoms with E-state index in [9.17, 15) is 4.79 Å². The number of ether oxygens (including phenoxy) is 1. The minimum Gasteiger partial charge on any atom is -0.465 e. The van der Waals surface area contributed by atoms with E-state index in [1.807, 2.05) is 0 Å². The zero-order valence-corrected chi connectivity index (χ0v) is 10.7. The molecule has 0 bridgehead atoms. The van der Waals surface area contributed by atoms with E-state index in [1.165, 1.54) is 25.7 Å². The summed E-state index contributed by atoms with van der Waals surface area (Å²) in [5.74, 6) is 1.27. The molecule has 0 spiro atoms. The lowest BCUT2D eigenvalue weighted by Gasteiger charge is -2.29. The van der Waals surface area contributed by atoms with E-state index in [0.717, 1.165) is 31.6 Å². The Morgan fingerprint density at radius 3 is 2.53 bits per heavy atom. The molecule has 2 rings (SSSR count). The van der Waals surface area contributed by atoms with Crippen LogP contribution in [0.15, 0.2) is 0 Å². The van der Waals surface area contributed by atoms with Gasteiger partial charge in [-0.15, -0.1) is 0 Å². The molecule has 2 saturated carbocycles. The summed E-state index contributed by atoms with van der Waals surface area (Å²) in [5.41, 5.74) is 5.73. The number of nitrogens with two attached hydrogens (primary N) is 1. The summed E-state index contributed by atoms with van der Waals surface area (Å²) >= 11 is 0. The lowest BCUT2D eigenvalue weighted by molar-refractivity contribution is -0.152. The van der Waals surface area contributed by atoms with Gasteiger partial charge in [-0.1, -0.05) is 32.1 Å². The molecule has 2 unspecified atom stereocenters. The summed E-state index contributed by atoms with van der Waals surface area (Å²) in [6.45, 7) is 1.25. The van der Waals surface area contributed by atoms with Gasteiger partial charge < -0.3 is 10.5 Å². The SMILES string of the molecule is NCC1CCCCC1C(=O)OCCC1CCC1. The zero-order valence-electron chi connectivity index (χ0n) is 10.7. The molecule has 2 atom stereocenters. The number of carbonyl (C=O) groups is 1. The smallest absolute Gasteiger partial charge is 0.309 e. The Kier molecular flexibility index (Phi) is 4.84. The fourth-order valence-electron chi connectivity index (χ4n) is 3.01. The van der Waals surface area contributed by atoms with Crippen LogP contribution in [0.3, 0.4) is 0 Å². The Hall–Kier alpha value is -0.570. The molecule has 0 aromatic rings. The third-order valence-corrected chi connectivity index (χ3v) is 4.51. The van der Waals surface area contributed by atoms with Gasteiger partial charge in [-0.3, -0.25) is 4.79 Å². The quantitative estimate of drug-likeness (QED) is 0.750. The Morgan fingerprint density at radius 1 is 1.12 bits per heavy atom. The lowest BCUT2D eigenvalue weighted by Crippen LogP contribution is -2.33. The lowest BCUT2D eigenvalue weighted by atomic mass is 9.79. The van der Waals surface area contributed by atoms with Crippen LogP contribution in [0.4, 0.5) is 0 Å². The van der Waals surface area contributed by atoms with Crippen LogP contribution in [0.2, 0.25) is 0 Å². The van der Waals surface area contributed by atoms with Gasteiger partial charge in [0.2, 0.25) is 0 Å². The third kappa shape index (κ3) is 3.44. The van der Waals surface area contributed by atoms with Crippen LogP contribution >= 0.6 is 0 Å². The predicted molar refractivity (Wildman–Crippen MR) is 67.4 cm³/mol. The van der Waals surface area contributed by atoms with Crippen LogP contribution in [-0.2, 0) is 9.53 Å². The Labute approximate surface area is 104 Å². The van der Waals surface area contributed by atoms with Gasteiger partial charge in [-0.05, 0) is 37.6 Å². The molecule has 98 valence electrons. The molecule has 2 aliphatic carbocycles. The van der Waals surface area contributed by atoms with E-state index in [2.05, 4.69) is 0 Å². The van der Waals surface area contributed by atoms with Crippen molar-refractivity contribution in [1.82, 2.24) is 0 Å². The zero-order chi connectivity index (χ0) is 12.1. The molecular formula is C14H25NO2. The second-order valence-corrected chi connectivity index (χ2v) is 5.64. The van der Waals surface area contributed by atoms with Gasteiger partial charge in [-0.2, -0.15) is 0 Å². The molecule has 3 nitrogen and oxygen atoms in total. The number of esters is 1. The first-order valence-electron chi connectivity index (χ1n) is 7.18. The molecule has 0 saturated heterocycles. The molecule has 0 aliphatic heterocycles. The summed E-state index contributed by atoms with van der Waals surface area (Å²) in [4.78, 5) is 12.0. The average Bonchev–Trinajstić information content (AvgIpc) is 2.32. The van der Waals surface area contributed by atoms with Crippen molar-refractivity contribution in [3.63, 3.8) is 0 Å². The second kappa shape index (κ2) is 6.39. The van der Waals surface area contributed by atoms with Crippen LogP contribution in [0.1, 0.15) is 51.4 Å². The molecule has 0 aromatic carbocycles. The second-order valence-electron chi connectivity index (χ2n) is 5.64. The van der Waals surface area contributed by atoms with Gasteiger partial charge in [0, 0.05) is 0 Å². The number of rotatable bonds is 5. The highest BCUT2D eigenvalue weighted by Crippen LogP contribution is 2.31. The van der Waals surface area contributed by atoms with Crippen molar-refractivity contribution in [3.05, 3.63) is 0 Å². The third-order valence-electron chi connectivity index (χ3n) is 4.51. The first-order valence-corrected chi connectivity index (χ1v) is 7.18. The average molecular weight is 239 g/mol. The minimum absolute atomic E-state index is 0.0134. The molecule has 0 radical (unpaired) electrons. The summed E-state index contributed by atoms with van der Waals surface area (Å²) in [5, 5.41) is 0. The van der Waals surface area contributed by atoms with Crippen LogP contribution in [0.5, 0.6) is 0 Å². The van der Waals surface area contributed by atoms with Crippen LogP contribution in [-0.4, -0.2) is 19.1 Å². The monoisotopic (exact) mass is 239 g/mol. The highest BCUT2D eigenvalue weighted by atomic mass is 16.5. The molecule has 2 aliphatic rings. The van der Waals surface area contributed by atoms with Gasteiger partial charge in [-0.25, -0.2) is 0 Å². The van der Waals surface area contributed by atoms with E-state index in [1.54, 1.807) is 0 Å². The summed E-state index contributed by atoms with van der Waals surface area (Å²) in [6.07, 6.45) is 9.51. The first-order chi connectivity index (χ1) is 8.31. The van der Waals surface area contributed by atoms with Crippen molar-refractivity contribution in [2.75, 3.05) is 13.2 Å². The minimum atomic E-state index is 0.0134. The topological polar surface area (TPSA) is 52.3 Å². The fraction of sp³-hybridized carbons (Fsp3) is 0.929.